The summed E-state index contributed by atoms with van der Waals surface area (Å²) in [5, 5.41) is 0. The fraction of sp³-hybridized carbons (Fsp3) is 0.409. The minimum absolute atomic E-state index is 0.0149. The van der Waals surface area contributed by atoms with E-state index < -0.39 is 10.0 Å². The van der Waals surface area contributed by atoms with E-state index in [0.717, 1.165) is 31.7 Å². The summed E-state index contributed by atoms with van der Waals surface area (Å²) in [5.41, 5.74) is 2.00. The van der Waals surface area contributed by atoms with Crippen molar-refractivity contribution in [3.63, 3.8) is 0 Å². The van der Waals surface area contributed by atoms with Gasteiger partial charge in [0.1, 0.15) is 5.75 Å². The van der Waals surface area contributed by atoms with Gasteiger partial charge in [0.05, 0.1) is 25.1 Å². The van der Waals surface area contributed by atoms with E-state index in [1.165, 1.54) is 10.6 Å². The summed E-state index contributed by atoms with van der Waals surface area (Å²) >= 11 is 0. The lowest BCUT2D eigenvalue weighted by Gasteiger charge is -2.32. The zero-order valence-corrected chi connectivity index (χ0v) is 18.6. The quantitative estimate of drug-likeness (QED) is 0.674. The van der Waals surface area contributed by atoms with Gasteiger partial charge in [0, 0.05) is 31.7 Å². The Bertz CT molecular complexity index is 951. The molecule has 0 bridgehead atoms. The number of likely N-dealkylation sites (N-methyl/N-ethyl adjacent to an activating group) is 1. The Morgan fingerprint density at radius 1 is 1.00 bits per heavy atom. The molecule has 0 radical (unpaired) electrons. The molecule has 1 heterocycles. The first-order valence-electron chi connectivity index (χ1n) is 10.1. The first-order valence-corrected chi connectivity index (χ1v) is 11.9. The fourth-order valence-corrected chi connectivity index (χ4v) is 4.27. The largest absolute Gasteiger partial charge is 0.494 e. The van der Waals surface area contributed by atoms with Crippen molar-refractivity contribution >= 4 is 21.6 Å². The van der Waals surface area contributed by atoms with Gasteiger partial charge in [-0.3, -0.25) is 9.10 Å². The topological polar surface area (TPSA) is 70.2 Å². The van der Waals surface area contributed by atoms with Gasteiger partial charge in [-0.25, -0.2) is 8.42 Å². The lowest BCUT2D eigenvalue weighted by Crippen LogP contribution is -2.47. The molecule has 1 amide bonds. The number of nitrogens with zero attached hydrogens (tertiary/aromatic N) is 3. The molecule has 0 N–H and O–H groups in total. The molecule has 1 fully saturated rings. The highest BCUT2D eigenvalue weighted by molar-refractivity contribution is 7.92. The second-order valence-electron chi connectivity index (χ2n) is 7.49. The molecule has 0 aromatic heterocycles. The smallest absolute Gasteiger partial charge is 0.253 e. The Kier molecular flexibility index (Phi) is 6.99. The number of carbonyl (C=O) groups excluding carboxylic acids is 1. The minimum Gasteiger partial charge on any atom is -0.494 e. The maximum Gasteiger partial charge on any atom is 0.253 e. The second-order valence-corrected chi connectivity index (χ2v) is 9.40. The van der Waals surface area contributed by atoms with Gasteiger partial charge in [-0.1, -0.05) is 12.1 Å². The van der Waals surface area contributed by atoms with Crippen LogP contribution in [0.5, 0.6) is 5.75 Å². The molecule has 2 aromatic rings. The van der Waals surface area contributed by atoms with Crippen molar-refractivity contribution in [1.29, 1.82) is 0 Å². The van der Waals surface area contributed by atoms with Crippen LogP contribution < -0.4 is 9.04 Å². The molecule has 30 heavy (non-hydrogen) atoms. The number of ether oxygens (including phenoxy) is 1. The monoisotopic (exact) mass is 431 g/mol. The van der Waals surface area contributed by atoms with E-state index >= 15 is 0 Å². The van der Waals surface area contributed by atoms with E-state index in [2.05, 4.69) is 11.9 Å². The molecule has 3 rings (SSSR count). The Hall–Kier alpha value is -2.58. The normalized spacial score (nSPS) is 15.1. The maximum absolute atomic E-state index is 12.7. The third kappa shape index (κ3) is 5.52. The molecule has 1 aliphatic rings. The summed E-state index contributed by atoms with van der Waals surface area (Å²) in [5.74, 6) is 0.711. The van der Waals surface area contributed by atoms with E-state index in [9.17, 15) is 13.2 Å². The van der Waals surface area contributed by atoms with Gasteiger partial charge >= 0.3 is 0 Å². The minimum atomic E-state index is -3.48. The Morgan fingerprint density at radius 2 is 1.60 bits per heavy atom. The predicted molar refractivity (Wildman–Crippen MR) is 118 cm³/mol. The summed E-state index contributed by atoms with van der Waals surface area (Å²) < 4.78 is 31.5. The lowest BCUT2D eigenvalue weighted by atomic mass is 10.1. The summed E-state index contributed by atoms with van der Waals surface area (Å²) in [6, 6.07) is 14.2. The zero-order chi connectivity index (χ0) is 21.7. The number of hydrogen-bond acceptors (Lipinski definition) is 5. The number of piperazine rings is 1. The van der Waals surface area contributed by atoms with Crippen LogP contribution in [0.1, 0.15) is 22.8 Å². The molecular formula is C22H29N3O4S. The van der Waals surface area contributed by atoms with Crippen molar-refractivity contribution in [2.24, 2.45) is 0 Å². The number of sulfonamides is 1. The SMILES string of the molecule is CCOc1ccc(N(Cc2ccc(C(=O)N3CCN(C)CC3)cc2)S(C)(=O)=O)cc1. The molecule has 0 unspecified atom stereocenters. The Labute approximate surface area is 178 Å². The molecule has 162 valence electrons. The van der Waals surface area contributed by atoms with Crippen LogP contribution in [0.2, 0.25) is 0 Å². The predicted octanol–water partition coefficient (Wildman–Crippen LogP) is 2.44. The zero-order valence-electron chi connectivity index (χ0n) is 17.7. The van der Waals surface area contributed by atoms with Crippen molar-refractivity contribution in [3.05, 3.63) is 59.7 Å². The molecule has 8 heteroatoms. The van der Waals surface area contributed by atoms with Gasteiger partial charge in [-0.2, -0.15) is 0 Å². The highest BCUT2D eigenvalue weighted by Gasteiger charge is 2.21. The number of amides is 1. The molecule has 0 aliphatic carbocycles. The average molecular weight is 432 g/mol. The summed E-state index contributed by atoms with van der Waals surface area (Å²) in [7, 11) is -1.43. The van der Waals surface area contributed by atoms with Crippen LogP contribution in [0.4, 0.5) is 5.69 Å². The summed E-state index contributed by atoms with van der Waals surface area (Å²) in [6.45, 7) is 5.82. The third-order valence-corrected chi connectivity index (χ3v) is 6.29. The van der Waals surface area contributed by atoms with Crippen molar-refractivity contribution in [2.45, 2.75) is 13.5 Å². The molecule has 1 saturated heterocycles. The third-order valence-electron chi connectivity index (χ3n) is 5.15. The number of anilines is 1. The Balaban J connectivity index is 1.73. The molecule has 0 saturated carbocycles. The van der Waals surface area contributed by atoms with Crippen LogP contribution in [0.3, 0.4) is 0 Å². The standard InChI is InChI=1S/C22H29N3O4S/c1-4-29-21-11-9-20(10-12-21)25(30(3,27)28)17-18-5-7-19(8-6-18)22(26)24-15-13-23(2)14-16-24/h5-12H,4,13-17H2,1-3H3. The maximum atomic E-state index is 12.7. The summed E-state index contributed by atoms with van der Waals surface area (Å²) in [4.78, 5) is 16.8. The number of hydrogen-bond donors (Lipinski definition) is 0. The number of benzene rings is 2. The lowest BCUT2D eigenvalue weighted by molar-refractivity contribution is 0.0664. The van der Waals surface area contributed by atoms with Gasteiger partial charge < -0.3 is 14.5 Å². The van der Waals surface area contributed by atoms with Crippen molar-refractivity contribution in [3.8, 4) is 5.75 Å². The van der Waals surface area contributed by atoms with E-state index in [1.807, 2.05) is 24.0 Å². The van der Waals surface area contributed by atoms with E-state index in [1.54, 1.807) is 36.4 Å². The molecule has 0 atom stereocenters. The van der Waals surface area contributed by atoms with Crippen molar-refractivity contribution < 1.29 is 17.9 Å². The molecule has 2 aromatic carbocycles. The molecule has 0 spiro atoms. The van der Waals surface area contributed by atoms with Crippen LogP contribution in [0.25, 0.3) is 0 Å². The number of rotatable bonds is 7. The van der Waals surface area contributed by atoms with Gasteiger partial charge in [0.2, 0.25) is 10.0 Å². The molecular weight excluding hydrogens is 402 g/mol. The Morgan fingerprint density at radius 3 is 2.13 bits per heavy atom. The first kappa shape index (κ1) is 22.1. The number of carbonyl (C=O) groups is 1. The highest BCUT2D eigenvalue weighted by Crippen LogP contribution is 2.24. The van der Waals surface area contributed by atoms with Gasteiger partial charge in [0.15, 0.2) is 0 Å². The van der Waals surface area contributed by atoms with Gasteiger partial charge in [0.25, 0.3) is 5.91 Å². The fourth-order valence-electron chi connectivity index (χ4n) is 3.39. The van der Waals surface area contributed by atoms with E-state index in [-0.39, 0.29) is 12.5 Å². The molecule has 1 aliphatic heterocycles. The highest BCUT2D eigenvalue weighted by atomic mass is 32.2. The van der Waals surface area contributed by atoms with Crippen LogP contribution in [0, 0.1) is 0 Å². The average Bonchev–Trinajstić information content (AvgIpc) is 2.73. The molecule has 7 nitrogen and oxygen atoms in total. The van der Waals surface area contributed by atoms with E-state index in [0.29, 0.717) is 23.6 Å². The van der Waals surface area contributed by atoms with Gasteiger partial charge in [-0.05, 0) is 55.9 Å². The van der Waals surface area contributed by atoms with Crippen molar-refractivity contribution in [1.82, 2.24) is 9.80 Å². The van der Waals surface area contributed by atoms with Gasteiger partial charge in [-0.15, -0.1) is 0 Å². The van der Waals surface area contributed by atoms with Crippen LogP contribution in [0.15, 0.2) is 48.5 Å². The van der Waals surface area contributed by atoms with E-state index in [4.69, 9.17) is 4.74 Å². The first-order chi connectivity index (χ1) is 14.3. The van der Waals surface area contributed by atoms with Crippen LogP contribution in [-0.2, 0) is 16.6 Å². The van der Waals surface area contributed by atoms with Crippen LogP contribution >= 0.6 is 0 Å². The summed E-state index contributed by atoms with van der Waals surface area (Å²) in [6.07, 6.45) is 1.19. The van der Waals surface area contributed by atoms with Crippen LogP contribution in [-0.4, -0.2) is 70.2 Å². The van der Waals surface area contributed by atoms with Crippen molar-refractivity contribution in [2.75, 3.05) is 50.4 Å². The second kappa shape index (κ2) is 9.49.